The van der Waals surface area contributed by atoms with Gasteiger partial charge in [0.25, 0.3) is 0 Å². The van der Waals surface area contributed by atoms with E-state index in [0.717, 1.165) is 11.4 Å². The van der Waals surface area contributed by atoms with Gasteiger partial charge < -0.3 is 0 Å². The highest BCUT2D eigenvalue weighted by Crippen LogP contribution is 2.12. The third kappa shape index (κ3) is 3.02. The molecule has 2 rings (SSSR count). The largest absolute Gasteiger partial charge is 0.282 e. The monoisotopic (exact) mass is 220 g/mol. The maximum Gasteiger partial charge on any atom is 0.242 e. The molecule has 0 unspecified atom stereocenters. The summed E-state index contributed by atoms with van der Waals surface area (Å²) in [7, 11) is 0. The van der Waals surface area contributed by atoms with Crippen molar-refractivity contribution in [2.75, 3.05) is 5.88 Å². The number of nitrogens with zero attached hydrogens (tertiary/aromatic N) is 1. The van der Waals surface area contributed by atoms with Crippen LogP contribution in [-0.2, 0) is 11.2 Å². The normalized spacial score (nSPS) is 14.3. The molecule has 3 nitrogen and oxygen atoms in total. The Kier molecular flexibility index (Phi) is 3.29. The van der Waals surface area contributed by atoms with E-state index in [9.17, 15) is 4.79 Å². The lowest BCUT2D eigenvalue weighted by Gasteiger charge is -2.15. The zero-order valence-electron chi connectivity index (χ0n) is 8.22. The van der Waals surface area contributed by atoms with Gasteiger partial charge in [-0.3, -0.25) is 15.2 Å². The summed E-state index contributed by atoms with van der Waals surface area (Å²) in [5.74, 6) is 0.814. The van der Waals surface area contributed by atoms with Crippen LogP contribution in [-0.4, -0.2) is 16.8 Å². The Morgan fingerprint density at radius 1 is 1.40 bits per heavy atom. The van der Waals surface area contributed by atoms with Crippen LogP contribution >= 0.6 is 11.8 Å². The SMILES string of the molecule is O=C(Cc1ccccc1)NN1C=CSC1. The van der Waals surface area contributed by atoms with Crippen LogP contribution in [0.1, 0.15) is 5.56 Å². The van der Waals surface area contributed by atoms with Gasteiger partial charge in [0.15, 0.2) is 0 Å². The minimum absolute atomic E-state index is 0.0216. The van der Waals surface area contributed by atoms with Crippen LogP contribution < -0.4 is 5.43 Å². The summed E-state index contributed by atoms with van der Waals surface area (Å²) in [5, 5.41) is 3.75. The van der Waals surface area contributed by atoms with E-state index in [1.807, 2.05) is 41.9 Å². The summed E-state index contributed by atoms with van der Waals surface area (Å²) in [5.41, 5.74) is 3.85. The summed E-state index contributed by atoms with van der Waals surface area (Å²) in [6.45, 7) is 0. The molecule has 0 fully saturated rings. The van der Waals surface area contributed by atoms with Gasteiger partial charge in [0, 0.05) is 6.20 Å². The molecule has 4 heteroatoms. The predicted molar refractivity (Wildman–Crippen MR) is 61.7 cm³/mol. The van der Waals surface area contributed by atoms with E-state index in [0.29, 0.717) is 6.42 Å². The number of rotatable bonds is 3. The molecule has 1 aromatic carbocycles. The topological polar surface area (TPSA) is 32.3 Å². The highest BCUT2D eigenvalue weighted by Gasteiger charge is 2.08. The summed E-state index contributed by atoms with van der Waals surface area (Å²) in [4.78, 5) is 11.6. The standard InChI is InChI=1S/C11H12N2OS/c14-11(12-13-6-7-15-9-13)8-10-4-2-1-3-5-10/h1-7H,8-9H2,(H,12,14). The van der Waals surface area contributed by atoms with Crippen molar-refractivity contribution in [3.05, 3.63) is 47.5 Å². The number of carbonyl (C=O) groups excluding carboxylic acids is 1. The average Bonchev–Trinajstić information content (AvgIpc) is 2.71. The molecule has 0 aliphatic carbocycles. The third-order valence-electron chi connectivity index (χ3n) is 2.03. The lowest BCUT2D eigenvalue weighted by molar-refractivity contribution is -0.123. The Morgan fingerprint density at radius 3 is 2.87 bits per heavy atom. The molecule has 0 saturated heterocycles. The van der Waals surface area contributed by atoms with Crippen molar-refractivity contribution in [2.24, 2.45) is 0 Å². The van der Waals surface area contributed by atoms with Gasteiger partial charge in [-0.1, -0.05) is 30.3 Å². The Morgan fingerprint density at radius 2 is 2.20 bits per heavy atom. The molecule has 0 radical (unpaired) electrons. The fourth-order valence-corrected chi connectivity index (χ4v) is 1.96. The van der Waals surface area contributed by atoms with Gasteiger partial charge in [-0.15, -0.1) is 11.8 Å². The highest BCUT2D eigenvalue weighted by atomic mass is 32.2. The molecule has 1 aliphatic heterocycles. The van der Waals surface area contributed by atoms with Gasteiger partial charge in [-0.2, -0.15) is 0 Å². The van der Waals surface area contributed by atoms with Gasteiger partial charge in [0.1, 0.15) is 0 Å². The number of benzene rings is 1. The molecule has 1 amide bonds. The summed E-state index contributed by atoms with van der Waals surface area (Å²) >= 11 is 1.66. The Hall–Kier alpha value is -1.42. The second-order valence-corrected chi connectivity index (χ2v) is 4.11. The number of amides is 1. The van der Waals surface area contributed by atoms with Crippen LogP contribution in [0.2, 0.25) is 0 Å². The first-order chi connectivity index (χ1) is 7.34. The van der Waals surface area contributed by atoms with Gasteiger partial charge >= 0.3 is 0 Å². The van der Waals surface area contributed by atoms with Crippen molar-refractivity contribution in [1.29, 1.82) is 0 Å². The third-order valence-corrected chi connectivity index (χ3v) is 2.77. The zero-order chi connectivity index (χ0) is 10.5. The molecule has 0 saturated carbocycles. The lowest BCUT2D eigenvalue weighted by Crippen LogP contribution is -2.37. The number of nitrogens with one attached hydrogen (secondary N) is 1. The number of hydrogen-bond donors (Lipinski definition) is 1. The maximum absolute atomic E-state index is 11.6. The average molecular weight is 220 g/mol. The molecule has 1 N–H and O–H groups in total. The molecule has 0 aromatic heterocycles. The minimum atomic E-state index is 0.0216. The van der Waals surface area contributed by atoms with Crippen molar-refractivity contribution in [3.8, 4) is 0 Å². The second-order valence-electron chi connectivity index (χ2n) is 3.25. The quantitative estimate of drug-likeness (QED) is 0.842. The molecular formula is C11H12N2OS. The van der Waals surface area contributed by atoms with E-state index in [4.69, 9.17) is 0 Å². The number of carbonyl (C=O) groups is 1. The molecule has 1 aliphatic rings. The molecule has 15 heavy (non-hydrogen) atoms. The molecular weight excluding hydrogens is 208 g/mol. The first-order valence-electron chi connectivity index (χ1n) is 4.73. The van der Waals surface area contributed by atoms with Crippen molar-refractivity contribution in [2.45, 2.75) is 6.42 Å². The predicted octanol–water partition coefficient (Wildman–Crippen LogP) is 1.74. The number of hydrazine groups is 1. The molecule has 0 spiro atoms. The minimum Gasteiger partial charge on any atom is -0.282 e. The van der Waals surface area contributed by atoms with Crippen molar-refractivity contribution >= 4 is 17.7 Å². The van der Waals surface area contributed by atoms with E-state index in [1.54, 1.807) is 16.8 Å². The molecule has 0 atom stereocenters. The first kappa shape index (κ1) is 10.1. The van der Waals surface area contributed by atoms with Gasteiger partial charge in [0.05, 0.1) is 12.3 Å². The summed E-state index contributed by atoms with van der Waals surface area (Å²) in [6.07, 6.45) is 2.30. The van der Waals surface area contributed by atoms with Crippen molar-refractivity contribution in [1.82, 2.24) is 10.4 Å². The summed E-state index contributed by atoms with van der Waals surface area (Å²) in [6, 6.07) is 9.73. The van der Waals surface area contributed by atoms with Crippen LogP contribution in [0, 0.1) is 0 Å². The fourth-order valence-electron chi connectivity index (χ4n) is 1.33. The van der Waals surface area contributed by atoms with Crippen LogP contribution in [0.25, 0.3) is 0 Å². The number of thioether (sulfide) groups is 1. The summed E-state index contributed by atoms with van der Waals surface area (Å²) < 4.78 is 0. The van der Waals surface area contributed by atoms with Crippen LogP contribution in [0.4, 0.5) is 0 Å². The van der Waals surface area contributed by atoms with Crippen molar-refractivity contribution in [3.63, 3.8) is 0 Å². The van der Waals surface area contributed by atoms with Crippen LogP contribution in [0.3, 0.4) is 0 Å². The number of hydrogen-bond acceptors (Lipinski definition) is 3. The van der Waals surface area contributed by atoms with Crippen LogP contribution in [0.15, 0.2) is 41.9 Å². The van der Waals surface area contributed by atoms with E-state index in [2.05, 4.69) is 5.43 Å². The maximum atomic E-state index is 11.6. The van der Waals surface area contributed by atoms with E-state index in [1.165, 1.54) is 0 Å². The molecule has 1 heterocycles. The molecule has 1 aromatic rings. The lowest BCUT2D eigenvalue weighted by atomic mass is 10.1. The van der Waals surface area contributed by atoms with E-state index >= 15 is 0 Å². The molecule has 0 bridgehead atoms. The Bertz CT molecular complexity index is 364. The zero-order valence-corrected chi connectivity index (χ0v) is 9.04. The highest BCUT2D eigenvalue weighted by molar-refractivity contribution is 8.02. The smallest absolute Gasteiger partial charge is 0.242 e. The Labute approximate surface area is 93.1 Å². The van der Waals surface area contributed by atoms with Gasteiger partial charge in [0.2, 0.25) is 5.91 Å². The van der Waals surface area contributed by atoms with Gasteiger partial charge in [-0.25, -0.2) is 0 Å². The van der Waals surface area contributed by atoms with E-state index < -0.39 is 0 Å². The second kappa shape index (κ2) is 4.89. The van der Waals surface area contributed by atoms with E-state index in [-0.39, 0.29) is 5.91 Å². The first-order valence-corrected chi connectivity index (χ1v) is 5.78. The Balaban J connectivity index is 1.84. The fraction of sp³-hybridized carbons (Fsp3) is 0.182. The molecule has 78 valence electrons. The van der Waals surface area contributed by atoms with Crippen molar-refractivity contribution < 1.29 is 4.79 Å². The van der Waals surface area contributed by atoms with Crippen LogP contribution in [0.5, 0.6) is 0 Å². The van der Waals surface area contributed by atoms with Gasteiger partial charge in [-0.05, 0) is 11.0 Å².